The summed E-state index contributed by atoms with van der Waals surface area (Å²) in [5.41, 5.74) is 3.53. The summed E-state index contributed by atoms with van der Waals surface area (Å²) >= 11 is 3.01. The maximum absolute atomic E-state index is 13.1. The summed E-state index contributed by atoms with van der Waals surface area (Å²) in [4.78, 5) is 24.0. The highest BCUT2D eigenvalue weighted by atomic mass is 32.2. The predicted molar refractivity (Wildman–Crippen MR) is 128 cm³/mol. The number of rotatable bonds is 7. The van der Waals surface area contributed by atoms with Crippen LogP contribution < -0.4 is 5.32 Å². The number of nitrogens with zero attached hydrogens (tertiary/aromatic N) is 2. The van der Waals surface area contributed by atoms with Gasteiger partial charge in [-0.25, -0.2) is 9.97 Å². The summed E-state index contributed by atoms with van der Waals surface area (Å²) in [6, 6.07) is 27.7. The van der Waals surface area contributed by atoms with E-state index >= 15 is 0 Å². The molecule has 1 amide bonds. The standard InChI is InChI=1S/C25H21N3OS2/c1-18-9-8-10-19(15-18)17-30-25-26-16-22(31-21-13-6-3-7-14-21)23(28-25)24(29)27-20-11-4-2-5-12-20/h2-16H,17H2,1H3,(H,27,29). The Labute approximate surface area is 190 Å². The molecule has 0 aliphatic carbocycles. The number of anilines is 1. The summed E-state index contributed by atoms with van der Waals surface area (Å²) in [5.74, 6) is 0.497. The molecular formula is C25H21N3OS2. The van der Waals surface area contributed by atoms with E-state index in [2.05, 4.69) is 40.4 Å². The number of aromatic nitrogens is 2. The number of nitrogens with one attached hydrogen (secondary N) is 1. The zero-order valence-corrected chi connectivity index (χ0v) is 18.6. The Balaban J connectivity index is 1.59. The molecule has 0 unspecified atom stereocenters. The molecule has 0 aliphatic heterocycles. The van der Waals surface area contributed by atoms with Crippen molar-refractivity contribution >= 4 is 35.1 Å². The summed E-state index contributed by atoms with van der Waals surface area (Å²) in [6.07, 6.45) is 1.74. The van der Waals surface area contributed by atoms with Crippen molar-refractivity contribution in [1.29, 1.82) is 0 Å². The van der Waals surface area contributed by atoms with Gasteiger partial charge in [0.15, 0.2) is 5.16 Å². The van der Waals surface area contributed by atoms with Gasteiger partial charge in [-0.1, -0.05) is 89.8 Å². The molecule has 4 aromatic rings. The van der Waals surface area contributed by atoms with Crippen molar-refractivity contribution in [1.82, 2.24) is 9.97 Å². The first-order valence-electron chi connectivity index (χ1n) is 9.82. The molecule has 4 nitrogen and oxygen atoms in total. The molecule has 0 radical (unpaired) electrons. The molecule has 4 rings (SSSR count). The fourth-order valence-corrected chi connectivity index (χ4v) is 4.58. The lowest BCUT2D eigenvalue weighted by Crippen LogP contribution is -2.15. The van der Waals surface area contributed by atoms with Gasteiger partial charge in [-0.15, -0.1) is 0 Å². The summed E-state index contributed by atoms with van der Waals surface area (Å²) in [6.45, 7) is 2.08. The summed E-state index contributed by atoms with van der Waals surface area (Å²) in [7, 11) is 0. The minimum Gasteiger partial charge on any atom is -0.321 e. The van der Waals surface area contributed by atoms with Crippen molar-refractivity contribution in [3.8, 4) is 0 Å². The van der Waals surface area contributed by atoms with Gasteiger partial charge in [0.1, 0.15) is 5.69 Å². The van der Waals surface area contributed by atoms with E-state index in [0.29, 0.717) is 10.9 Å². The average molecular weight is 444 g/mol. The molecule has 3 aromatic carbocycles. The van der Waals surface area contributed by atoms with Gasteiger partial charge in [0.25, 0.3) is 5.91 Å². The first-order valence-corrected chi connectivity index (χ1v) is 11.6. The van der Waals surface area contributed by atoms with E-state index in [1.54, 1.807) is 6.20 Å². The van der Waals surface area contributed by atoms with E-state index in [4.69, 9.17) is 0 Å². The average Bonchev–Trinajstić information content (AvgIpc) is 2.80. The summed E-state index contributed by atoms with van der Waals surface area (Å²) < 4.78 is 0. The van der Waals surface area contributed by atoms with Crippen LogP contribution >= 0.6 is 23.5 Å². The highest BCUT2D eigenvalue weighted by Crippen LogP contribution is 2.31. The van der Waals surface area contributed by atoms with Crippen LogP contribution in [0, 0.1) is 6.92 Å². The van der Waals surface area contributed by atoms with Gasteiger partial charge in [0.05, 0.1) is 4.90 Å². The topological polar surface area (TPSA) is 54.9 Å². The first kappa shape index (κ1) is 21.2. The maximum atomic E-state index is 13.1. The molecule has 31 heavy (non-hydrogen) atoms. The van der Waals surface area contributed by atoms with E-state index < -0.39 is 0 Å². The number of thioether (sulfide) groups is 1. The number of hydrogen-bond acceptors (Lipinski definition) is 5. The second-order valence-corrected chi connectivity index (χ2v) is 8.94. The van der Waals surface area contributed by atoms with E-state index in [0.717, 1.165) is 21.2 Å². The van der Waals surface area contributed by atoms with Crippen LogP contribution in [-0.4, -0.2) is 15.9 Å². The minimum atomic E-state index is -0.246. The Hall–Kier alpha value is -3.09. The van der Waals surface area contributed by atoms with Gasteiger partial charge in [-0.2, -0.15) is 0 Å². The second-order valence-electron chi connectivity index (χ2n) is 6.88. The van der Waals surface area contributed by atoms with Gasteiger partial charge >= 0.3 is 0 Å². The van der Waals surface area contributed by atoms with Gasteiger partial charge in [0, 0.05) is 22.5 Å². The van der Waals surface area contributed by atoms with E-state index in [-0.39, 0.29) is 5.91 Å². The van der Waals surface area contributed by atoms with E-state index in [9.17, 15) is 4.79 Å². The third kappa shape index (κ3) is 5.96. The molecule has 0 aliphatic rings. The molecule has 1 aromatic heterocycles. The molecular weight excluding hydrogens is 422 g/mol. The zero-order chi connectivity index (χ0) is 21.5. The number of benzene rings is 3. The van der Waals surface area contributed by atoms with Crippen LogP contribution in [0.25, 0.3) is 0 Å². The quantitative estimate of drug-likeness (QED) is 0.262. The Morgan fingerprint density at radius 1 is 0.935 bits per heavy atom. The monoisotopic (exact) mass is 443 g/mol. The highest BCUT2D eigenvalue weighted by Gasteiger charge is 2.17. The lowest BCUT2D eigenvalue weighted by molar-refractivity contribution is 0.101. The van der Waals surface area contributed by atoms with Gasteiger partial charge in [-0.3, -0.25) is 4.79 Å². The number of carbonyl (C=O) groups excluding carboxylic acids is 1. The number of carbonyl (C=O) groups is 1. The smallest absolute Gasteiger partial charge is 0.275 e. The van der Waals surface area contributed by atoms with Gasteiger partial charge < -0.3 is 5.32 Å². The Bertz CT molecular complexity index is 1170. The number of para-hydroxylation sites is 1. The summed E-state index contributed by atoms with van der Waals surface area (Å²) in [5, 5.41) is 3.52. The first-order chi connectivity index (χ1) is 15.2. The largest absolute Gasteiger partial charge is 0.321 e. The van der Waals surface area contributed by atoms with Crippen LogP contribution in [0.15, 0.2) is 106 Å². The molecule has 0 saturated carbocycles. The molecule has 0 bridgehead atoms. The second kappa shape index (κ2) is 10.3. The van der Waals surface area contributed by atoms with Gasteiger partial charge in [-0.05, 0) is 36.8 Å². The number of aryl methyl sites for hydroxylation is 1. The minimum absolute atomic E-state index is 0.246. The SMILES string of the molecule is Cc1cccc(CSc2ncc(Sc3ccccc3)c(C(=O)Nc3ccccc3)n2)c1. The lowest BCUT2D eigenvalue weighted by atomic mass is 10.2. The van der Waals surface area contributed by atoms with Crippen molar-refractivity contribution in [2.75, 3.05) is 5.32 Å². The third-order valence-electron chi connectivity index (χ3n) is 4.40. The Morgan fingerprint density at radius 2 is 1.68 bits per heavy atom. The Morgan fingerprint density at radius 3 is 2.42 bits per heavy atom. The predicted octanol–water partition coefficient (Wildman–Crippen LogP) is 6.48. The third-order valence-corrected chi connectivity index (χ3v) is 6.36. The molecule has 0 saturated heterocycles. The molecule has 1 N–H and O–H groups in total. The maximum Gasteiger partial charge on any atom is 0.275 e. The van der Waals surface area contributed by atoms with Crippen molar-refractivity contribution in [3.63, 3.8) is 0 Å². The van der Waals surface area contributed by atoms with Crippen LogP contribution in [0.1, 0.15) is 21.6 Å². The van der Waals surface area contributed by atoms with Crippen LogP contribution in [0.2, 0.25) is 0 Å². The normalized spacial score (nSPS) is 10.6. The molecule has 6 heteroatoms. The molecule has 0 fully saturated rings. The van der Waals surface area contributed by atoms with E-state index in [1.165, 1.54) is 34.7 Å². The van der Waals surface area contributed by atoms with Crippen LogP contribution in [0.4, 0.5) is 5.69 Å². The van der Waals surface area contributed by atoms with Crippen LogP contribution in [0.3, 0.4) is 0 Å². The molecule has 0 spiro atoms. The van der Waals surface area contributed by atoms with E-state index in [1.807, 2.05) is 66.7 Å². The van der Waals surface area contributed by atoms with Crippen molar-refractivity contribution in [2.24, 2.45) is 0 Å². The fraction of sp³-hybridized carbons (Fsp3) is 0.0800. The van der Waals surface area contributed by atoms with Crippen molar-refractivity contribution < 1.29 is 4.79 Å². The van der Waals surface area contributed by atoms with Gasteiger partial charge in [0.2, 0.25) is 0 Å². The number of amides is 1. The van der Waals surface area contributed by atoms with Crippen LogP contribution in [-0.2, 0) is 5.75 Å². The molecule has 154 valence electrons. The lowest BCUT2D eigenvalue weighted by Gasteiger charge is -2.11. The zero-order valence-electron chi connectivity index (χ0n) is 17.0. The highest BCUT2D eigenvalue weighted by molar-refractivity contribution is 7.99. The Kier molecular flexibility index (Phi) is 7.02. The molecule has 0 atom stereocenters. The number of hydrogen-bond donors (Lipinski definition) is 1. The van der Waals surface area contributed by atoms with Crippen LogP contribution in [0.5, 0.6) is 0 Å². The van der Waals surface area contributed by atoms with Crippen molar-refractivity contribution in [3.05, 3.63) is 108 Å². The van der Waals surface area contributed by atoms with Crippen molar-refractivity contribution in [2.45, 2.75) is 27.6 Å². The molecule has 1 heterocycles. The fourth-order valence-electron chi connectivity index (χ4n) is 2.94.